The Balaban J connectivity index is 0.758. The summed E-state index contributed by atoms with van der Waals surface area (Å²) in [5, 5.41) is 0. The molecule has 0 aromatic heterocycles. The van der Waals surface area contributed by atoms with Crippen LogP contribution >= 0.6 is 0 Å². The first kappa shape index (κ1) is 47.1. The quantitative estimate of drug-likeness (QED) is 0.101. The van der Waals surface area contributed by atoms with Crippen LogP contribution in [0.5, 0.6) is 0 Å². The van der Waals surface area contributed by atoms with E-state index in [1.165, 1.54) is 11.1 Å². The molecule has 1 aliphatic rings. The largest absolute Gasteiger partial charge is 0.311 e. The standard InChI is InChI=1S/C72H56N4/c1-7-19-61(20-8-1)73(62-21-9-2-10-22-62)67-43-31-55(32-44-67)57-35-47-69(48-36-57)75(65-27-15-5-16-28-65)71-51-39-59(40-52-71)60-41-53-72(54-42-60)76(66-29-17-6-18-30-66)70-49-37-58(38-50-70)56-33-45-68(46-34-56)74(63-23-11-3-12-24-63)64-25-13-4-14-26-64/h1-37,39-54,58H,38H2. The number of benzene rings is 11. The molecule has 0 saturated heterocycles. The van der Waals surface area contributed by atoms with Gasteiger partial charge in [0.2, 0.25) is 0 Å². The Bertz CT molecular complexity index is 3580. The smallest absolute Gasteiger partial charge is 0.0462 e. The summed E-state index contributed by atoms with van der Waals surface area (Å²) in [6.45, 7) is 0. The van der Waals surface area contributed by atoms with Gasteiger partial charge in [-0.1, -0.05) is 182 Å². The number of para-hydroxylation sites is 6. The van der Waals surface area contributed by atoms with Crippen LogP contribution in [0.25, 0.3) is 22.3 Å². The Hall–Kier alpha value is -9.90. The van der Waals surface area contributed by atoms with Crippen LogP contribution in [0, 0.1) is 0 Å². The van der Waals surface area contributed by atoms with Crippen molar-refractivity contribution in [1.29, 1.82) is 0 Å². The molecule has 4 heteroatoms. The van der Waals surface area contributed by atoms with E-state index in [-0.39, 0.29) is 5.92 Å². The van der Waals surface area contributed by atoms with Gasteiger partial charge in [-0.25, -0.2) is 0 Å². The Morgan fingerprint density at radius 1 is 0.224 bits per heavy atom. The van der Waals surface area contributed by atoms with E-state index in [1.54, 1.807) is 0 Å². The molecule has 0 fully saturated rings. The minimum absolute atomic E-state index is 0.279. The molecular weight excluding hydrogens is 921 g/mol. The predicted octanol–water partition coefficient (Wildman–Crippen LogP) is 20.2. The number of hydrogen-bond donors (Lipinski definition) is 0. The van der Waals surface area contributed by atoms with Gasteiger partial charge in [0.15, 0.2) is 0 Å². The van der Waals surface area contributed by atoms with E-state index in [0.717, 1.165) is 91.4 Å². The summed E-state index contributed by atoms with van der Waals surface area (Å²) in [6, 6.07) is 108. The van der Waals surface area contributed by atoms with E-state index in [2.05, 4.69) is 341 Å². The van der Waals surface area contributed by atoms with Gasteiger partial charge in [-0.3, -0.25) is 0 Å². The monoisotopic (exact) mass is 976 g/mol. The highest BCUT2D eigenvalue weighted by molar-refractivity contribution is 5.83. The first-order valence-corrected chi connectivity index (χ1v) is 26.1. The summed E-state index contributed by atoms with van der Waals surface area (Å²) in [6.07, 6.45) is 7.94. The molecule has 76 heavy (non-hydrogen) atoms. The van der Waals surface area contributed by atoms with Crippen molar-refractivity contribution in [3.63, 3.8) is 0 Å². The van der Waals surface area contributed by atoms with Gasteiger partial charge in [0.05, 0.1) is 0 Å². The zero-order valence-corrected chi connectivity index (χ0v) is 42.2. The molecule has 0 bridgehead atoms. The van der Waals surface area contributed by atoms with E-state index in [9.17, 15) is 0 Å². The van der Waals surface area contributed by atoms with Gasteiger partial charge in [0.1, 0.15) is 0 Å². The lowest BCUT2D eigenvalue weighted by molar-refractivity contribution is 0.840. The van der Waals surface area contributed by atoms with E-state index >= 15 is 0 Å². The van der Waals surface area contributed by atoms with Gasteiger partial charge in [-0.05, 0) is 174 Å². The number of hydrogen-bond acceptors (Lipinski definition) is 4. The molecule has 12 rings (SSSR count). The molecule has 1 atom stereocenters. The third-order valence-electron chi connectivity index (χ3n) is 14.2. The zero-order chi connectivity index (χ0) is 50.9. The second kappa shape index (κ2) is 22.1. The highest BCUT2D eigenvalue weighted by Crippen LogP contribution is 2.41. The van der Waals surface area contributed by atoms with Crippen molar-refractivity contribution in [3.05, 3.63) is 333 Å². The SMILES string of the molecule is C1=CC(c2ccc(N(c3ccccc3)c3ccccc3)cc2)CC=C1N(c1ccccc1)c1ccc(-c2ccc(N(c3ccccc3)c3ccc(-c4ccc(N(c5ccccc5)c5ccccc5)cc4)cc3)cc2)cc1. The van der Waals surface area contributed by atoms with Crippen molar-refractivity contribution in [2.45, 2.75) is 12.3 Å². The maximum atomic E-state index is 2.38. The minimum atomic E-state index is 0.279. The normalized spacial score (nSPS) is 12.8. The zero-order valence-electron chi connectivity index (χ0n) is 42.2. The minimum Gasteiger partial charge on any atom is -0.311 e. The molecule has 364 valence electrons. The molecule has 0 spiro atoms. The molecule has 1 aliphatic carbocycles. The lowest BCUT2D eigenvalue weighted by atomic mass is 9.91. The summed E-state index contributed by atoms with van der Waals surface area (Å²) in [5.41, 5.74) is 19.4. The van der Waals surface area contributed by atoms with Crippen LogP contribution in [0.2, 0.25) is 0 Å². The molecule has 0 heterocycles. The molecule has 0 N–H and O–H groups in total. The highest BCUT2D eigenvalue weighted by Gasteiger charge is 2.20. The first-order valence-electron chi connectivity index (χ1n) is 26.1. The average molecular weight is 977 g/mol. The maximum Gasteiger partial charge on any atom is 0.0462 e. The second-order valence-corrected chi connectivity index (χ2v) is 19.0. The molecule has 0 radical (unpaired) electrons. The van der Waals surface area contributed by atoms with Gasteiger partial charge >= 0.3 is 0 Å². The average Bonchev–Trinajstić information content (AvgIpc) is 3.51. The van der Waals surface area contributed by atoms with Crippen molar-refractivity contribution < 1.29 is 0 Å². The summed E-state index contributed by atoms with van der Waals surface area (Å²) in [4.78, 5) is 9.29. The first-order chi connectivity index (χ1) is 37.7. The fraction of sp³-hybridized carbons (Fsp3) is 0.0278. The van der Waals surface area contributed by atoms with Crippen LogP contribution in [-0.2, 0) is 0 Å². The number of rotatable bonds is 15. The molecule has 0 amide bonds. The fourth-order valence-electron chi connectivity index (χ4n) is 10.4. The van der Waals surface area contributed by atoms with Crippen molar-refractivity contribution >= 4 is 62.6 Å². The van der Waals surface area contributed by atoms with E-state index in [1.807, 2.05) is 0 Å². The summed E-state index contributed by atoms with van der Waals surface area (Å²) >= 11 is 0. The van der Waals surface area contributed by atoms with Crippen LogP contribution in [0.15, 0.2) is 327 Å². The number of anilines is 11. The lowest BCUT2D eigenvalue weighted by Gasteiger charge is -2.29. The Morgan fingerprint density at radius 3 is 0.697 bits per heavy atom. The molecule has 4 nitrogen and oxygen atoms in total. The van der Waals surface area contributed by atoms with Gasteiger partial charge < -0.3 is 19.6 Å². The maximum absolute atomic E-state index is 2.38. The third-order valence-corrected chi connectivity index (χ3v) is 14.2. The van der Waals surface area contributed by atoms with Crippen molar-refractivity contribution in [3.8, 4) is 22.3 Å². The summed E-state index contributed by atoms with van der Waals surface area (Å²) < 4.78 is 0. The van der Waals surface area contributed by atoms with Gasteiger partial charge in [-0.15, -0.1) is 0 Å². The van der Waals surface area contributed by atoms with Crippen LogP contribution in [0.1, 0.15) is 17.9 Å². The van der Waals surface area contributed by atoms with E-state index < -0.39 is 0 Å². The van der Waals surface area contributed by atoms with E-state index in [4.69, 9.17) is 0 Å². The van der Waals surface area contributed by atoms with Crippen molar-refractivity contribution in [1.82, 2.24) is 0 Å². The Labute approximate surface area is 447 Å². The predicted molar refractivity (Wildman–Crippen MR) is 321 cm³/mol. The van der Waals surface area contributed by atoms with Crippen LogP contribution in [0.3, 0.4) is 0 Å². The van der Waals surface area contributed by atoms with Crippen molar-refractivity contribution in [2.75, 3.05) is 19.6 Å². The van der Waals surface area contributed by atoms with Gasteiger partial charge in [0, 0.05) is 74.2 Å². The lowest BCUT2D eigenvalue weighted by Crippen LogP contribution is -2.17. The third kappa shape index (κ3) is 10.2. The van der Waals surface area contributed by atoms with Crippen LogP contribution < -0.4 is 19.6 Å². The fourth-order valence-corrected chi connectivity index (χ4v) is 10.4. The van der Waals surface area contributed by atoms with Crippen LogP contribution in [0.4, 0.5) is 62.6 Å². The molecule has 11 aromatic rings. The van der Waals surface area contributed by atoms with Gasteiger partial charge in [0.25, 0.3) is 0 Å². The summed E-state index contributed by atoms with van der Waals surface area (Å²) in [7, 11) is 0. The van der Waals surface area contributed by atoms with Gasteiger partial charge in [-0.2, -0.15) is 0 Å². The Morgan fingerprint density at radius 2 is 0.447 bits per heavy atom. The Kier molecular flexibility index (Phi) is 13.7. The van der Waals surface area contributed by atoms with E-state index in [0.29, 0.717) is 0 Å². The molecule has 0 aliphatic heterocycles. The topological polar surface area (TPSA) is 13.0 Å². The second-order valence-electron chi connectivity index (χ2n) is 19.0. The molecule has 1 unspecified atom stereocenters. The van der Waals surface area contributed by atoms with Crippen LogP contribution in [-0.4, -0.2) is 0 Å². The summed E-state index contributed by atoms with van der Waals surface area (Å²) in [5.74, 6) is 0.279. The number of nitrogens with zero attached hydrogens (tertiary/aromatic N) is 4. The molecule has 0 saturated carbocycles. The number of allylic oxidation sites excluding steroid dienone is 3. The van der Waals surface area contributed by atoms with Crippen molar-refractivity contribution in [2.24, 2.45) is 0 Å². The highest BCUT2D eigenvalue weighted by atomic mass is 15.2. The molecular formula is C72H56N4. The molecule has 11 aromatic carbocycles.